The molecule has 4 aromatic rings. The van der Waals surface area contributed by atoms with Gasteiger partial charge in [-0.3, -0.25) is 9.29 Å². The number of thioether (sulfide) groups is 1. The summed E-state index contributed by atoms with van der Waals surface area (Å²) in [4.78, 5) is 5.17. The summed E-state index contributed by atoms with van der Waals surface area (Å²) in [7, 11) is -3.83. The van der Waals surface area contributed by atoms with E-state index in [0.29, 0.717) is 46.0 Å². The van der Waals surface area contributed by atoms with E-state index >= 15 is 0 Å². The monoisotopic (exact) mass is 458 g/mol. The summed E-state index contributed by atoms with van der Waals surface area (Å²) >= 11 is 1.55. The molecule has 0 N–H and O–H groups in total. The minimum Gasteiger partial charge on any atom is -0.456 e. The fraction of sp³-hybridized carbons (Fsp3) is 0.0870. The van der Waals surface area contributed by atoms with Gasteiger partial charge >= 0.3 is 0 Å². The summed E-state index contributed by atoms with van der Waals surface area (Å²) in [6.07, 6.45) is 3.20. The minimum absolute atomic E-state index is 0.118. The van der Waals surface area contributed by atoms with E-state index in [1.54, 1.807) is 42.4 Å². The molecule has 9 heteroatoms. The first-order valence-electron chi connectivity index (χ1n) is 9.59. The van der Waals surface area contributed by atoms with Crippen LogP contribution in [0.3, 0.4) is 0 Å². The van der Waals surface area contributed by atoms with Crippen molar-refractivity contribution < 1.29 is 12.8 Å². The van der Waals surface area contributed by atoms with Gasteiger partial charge in [-0.05, 0) is 48.5 Å². The van der Waals surface area contributed by atoms with E-state index in [9.17, 15) is 8.42 Å². The summed E-state index contributed by atoms with van der Waals surface area (Å²) in [6, 6.07) is 17.0. The molecular formula is C23H14N4O3S2. The third kappa shape index (κ3) is 3.28. The number of nitrogens with zero attached hydrogens (tertiary/aromatic N) is 4. The van der Waals surface area contributed by atoms with E-state index in [0.717, 1.165) is 10.3 Å². The van der Waals surface area contributed by atoms with Crippen molar-refractivity contribution in [3.63, 3.8) is 0 Å². The van der Waals surface area contributed by atoms with Crippen LogP contribution in [0.25, 0.3) is 22.3 Å². The van der Waals surface area contributed by atoms with Gasteiger partial charge in [-0.2, -0.15) is 10.5 Å². The fourth-order valence-electron chi connectivity index (χ4n) is 3.62. The Bertz CT molecular complexity index is 1550. The maximum absolute atomic E-state index is 13.4. The van der Waals surface area contributed by atoms with Crippen molar-refractivity contribution >= 4 is 38.4 Å². The molecule has 0 aliphatic carbocycles. The molecule has 0 bridgehead atoms. The standard InChI is InChI=1S/C23H14N4O3S2/c24-11-15-1-4-18(5-2-15)32(28,29)27-7-8-31-23-19(13-26-14-20(23)27)22-10-17-9-16(12-25)3-6-21(17)30-22/h1-6,9-10,13-14H,7-8H2. The summed E-state index contributed by atoms with van der Waals surface area (Å²) in [6.45, 7) is 0.302. The van der Waals surface area contributed by atoms with Crippen LogP contribution in [0.15, 0.2) is 75.1 Å². The van der Waals surface area contributed by atoms with E-state index in [2.05, 4.69) is 11.1 Å². The van der Waals surface area contributed by atoms with Gasteiger partial charge in [-0.15, -0.1) is 11.8 Å². The molecule has 0 fully saturated rings. The first-order valence-corrected chi connectivity index (χ1v) is 12.0. The molecule has 32 heavy (non-hydrogen) atoms. The minimum atomic E-state index is -3.83. The average molecular weight is 459 g/mol. The fourth-order valence-corrected chi connectivity index (χ4v) is 6.35. The molecule has 0 saturated heterocycles. The lowest BCUT2D eigenvalue weighted by molar-refractivity contribution is 0.591. The Morgan fingerprint density at radius 1 is 1.00 bits per heavy atom. The van der Waals surface area contributed by atoms with E-state index in [-0.39, 0.29) is 4.90 Å². The van der Waals surface area contributed by atoms with Crippen LogP contribution < -0.4 is 4.31 Å². The van der Waals surface area contributed by atoms with Crippen molar-refractivity contribution in [2.75, 3.05) is 16.6 Å². The first kappa shape index (κ1) is 20.1. The molecule has 2 aromatic heterocycles. The molecule has 0 atom stereocenters. The number of aromatic nitrogens is 1. The quantitative estimate of drug-likeness (QED) is 0.443. The van der Waals surface area contributed by atoms with Crippen LogP contribution in [0.4, 0.5) is 5.69 Å². The molecule has 0 spiro atoms. The Morgan fingerprint density at radius 3 is 2.50 bits per heavy atom. The van der Waals surface area contributed by atoms with E-state index in [4.69, 9.17) is 14.9 Å². The molecule has 0 radical (unpaired) electrons. The van der Waals surface area contributed by atoms with Crippen LogP contribution in [0.2, 0.25) is 0 Å². The van der Waals surface area contributed by atoms with Gasteiger partial charge in [0.05, 0.1) is 45.6 Å². The number of sulfonamides is 1. The number of furan rings is 1. The topological polar surface area (TPSA) is 111 Å². The maximum atomic E-state index is 13.4. The highest BCUT2D eigenvalue weighted by molar-refractivity contribution is 8.00. The Hall–Kier alpha value is -3.79. The number of fused-ring (bicyclic) bond motifs is 2. The summed E-state index contributed by atoms with van der Waals surface area (Å²) < 4.78 is 34.1. The molecule has 7 nitrogen and oxygen atoms in total. The summed E-state index contributed by atoms with van der Waals surface area (Å²) in [5.41, 5.74) is 2.75. The second-order valence-corrected chi connectivity index (χ2v) is 10.0. The van der Waals surface area contributed by atoms with Gasteiger partial charge in [0.15, 0.2) is 0 Å². The predicted octanol–water partition coefficient (Wildman–Crippen LogP) is 4.54. The Morgan fingerprint density at radius 2 is 1.75 bits per heavy atom. The lowest BCUT2D eigenvalue weighted by Gasteiger charge is -2.30. The molecule has 2 aromatic carbocycles. The largest absolute Gasteiger partial charge is 0.456 e. The van der Waals surface area contributed by atoms with Gasteiger partial charge in [-0.25, -0.2) is 8.42 Å². The number of benzene rings is 2. The third-order valence-corrected chi connectivity index (χ3v) is 8.10. The van der Waals surface area contributed by atoms with Crippen molar-refractivity contribution in [2.24, 2.45) is 0 Å². The zero-order chi connectivity index (χ0) is 22.3. The second-order valence-electron chi connectivity index (χ2n) is 7.07. The number of pyridine rings is 1. The van der Waals surface area contributed by atoms with E-state index in [1.165, 1.54) is 28.6 Å². The van der Waals surface area contributed by atoms with Gasteiger partial charge in [0, 0.05) is 28.8 Å². The van der Waals surface area contributed by atoms with Crippen molar-refractivity contribution in [1.82, 2.24) is 4.98 Å². The lowest BCUT2D eigenvalue weighted by Crippen LogP contribution is -2.35. The summed E-state index contributed by atoms with van der Waals surface area (Å²) in [5, 5.41) is 18.9. The molecule has 156 valence electrons. The van der Waals surface area contributed by atoms with Crippen molar-refractivity contribution in [1.29, 1.82) is 10.5 Å². The number of anilines is 1. The predicted molar refractivity (Wildman–Crippen MR) is 121 cm³/mol. The van der Waals surface area contributed by atoms with Gasteiger partial charge < -0.3 is 4.42 Å². The average Bonchev–Trinajstić information content (AvgIpc) is 3.26. The van der Waals surface area contributed by atoms with Crippen molar-refractivity contribution in [2.45, 2.75) is 9.79 Å². The molecular weight excluding hydrogens is 444 g/mol. The van der Waals surface area contributed by atoms with Crippen LogP contribution in [0.1, 0.15) is 11.1 Å². The highest BCUT2D eigenvalue weighted by Gasteiger charge is 2.31. The molecule has 3 heterocycles. The van der Waals surface area contributed by atoms with Gasteiger partial charge in [0.25, 0.3) is 10.0 Å². The zero-order valence-corrected chi connectivity index (χ0v) is 18.2. The van der Waals surface area contributed by atoms with Crippen LogP contribution in [-0.2, 0) is 10.0 Å². The summed E-state index contributed by atoms with van der Waals surface area (Å²) in [5.74, 6) is 1.13. The molecule has 0 saturated carbocycles. The lowest BCUT2D eigenvalue weighted by atomic mass is 10.1. The molecule has 0 amide bonds. The highest BCUT2D eigenvalue weighted by atomic mass is 32.2. The maximum Gasteiger partial charge on any atom is 0.264 e. The van der Waals surface area contributed by atoms with Gasteiger partial charge in [-0.1, -0.05) is 0 Å². The normalized spacial score (nSPS) is 13.4. The van der Waals surface area contributed by atoms with Crippen LogP contribution in [-0.4, -0.2) is 25.7 Å². The zero-order valence-electron chi connectivity index (χ0n) is 16.5. The molecule has 0 unspecified atom stereocenters. The first-order chi connectivity index (χ1) is 15.5. The smallest absolute Gasteiger partial charge is 0.264 e. The number of hydrogen-bond donors (Lipinski definition) is 0. The van der Waals surface area contributed by atoms with Crippen molar-refractivity contribution in [3.8, 4) is 23.5 Å². The Labute approximate surface area is 188 Å². The Kier molecular flexibility index (Phi) is 4.86. The van der Waals surface area contributed by atoms with Crippen molar-refractivity contribution in [3.05, 3.63) is 72.1 Å². The van der Waals surface area contributed by atoms with Gasteiger partial charge in [0.2, 0.25) is 0 Å². The van der Waals surface area contributed by atoms with E-state index in [1.807, 2.05) is 12.1 Å². The third-order valence-electron chi connectivity index (χ3n) is 5.17. The van der Waals surface area contributed by atoms with Gasteiger partial charge in [0.1, 0.15) is 11.3 Å². The molecule has 1 aliphatic heterocycles. The molecule has 1 aliphatic rings. The van der Waals surface area contributed by atoms with E-state index < -0.39 is 10.0 Å². The van der Waals surface area contributed by atoms with Crippen LogP contribution >= 0.6 is 11.8 Å². The number of hydrogen-bond acceptors (Lipinski definition) is 7. The molecule has 5 rings (SSSR count). The number of nitriles is 2. The van der Waals surface area contributed by atoms with Crippen LogP contribution in [0, 0.1) is 22.7 Å². The number of rotatable bonds is 3. The highest BCUT2D eigenvalue weighted by Crippen LogP contribution is 2.44. The second kappa shape index (κ2) is 7.72. The SMILES string of the molecule is N#Cc1ccc(S(=O)(=O)N2CCSc3c(-c4cc5cc(C#N)ccc5o4)cncc32)cc1. The Balaban J connectivity index is 1.60. The van der Waals surface area contributed by atoms with Crippen LogP contribution in [0.5, 0.6) is 0 Å².